The molecule has 15 heavy (non-hydrogen) atoms. The minimum atomic E-state index is 0.599. The van der Waals surface area contributed by atoms with Crippen molar-refractivity contribution in [1.29, 1.82) is 0 Å². The van der Waals surface area contributed by atoms with Gasteiger partial charge in [-0.25, -0.2) is 9.97 Å². The highest BCUT2D eigenvalue weighted by Crippen LogP contribution is 2.32. The van der Waals surface area contributed by atoms with E-state index in [2.05, 4.69) is 22.2 Å². The zero-order chi connectivity index (χ0) is 10.7. The number of aromatic nitrogens is 2. The molecule has 3 nitrogen and oxygen atoms in total. The first-order chi connectivity index (χ1) is 7.29. The Balaban J connectivity index is 2.22. The van der Waals surface area contributed by atoms with Crippen molar-refractivity contribution < 1.29 is 0 Å². The number of hydrogen-bond acceptors (Lipinski definition) is 3. The van der Waals surface area contributed by atoms with Gasteiger partial charge in [-0.05, 0) is 26.7 Å². The van der Waals surface area contributed by atoms with E-state index in [1.54, 1.807) is 0 Å². The molecule has 1 saturated carbocycles. The van der Waals surface area contributed by atoms with Crippen LogP contribution in [0.5, 0.6) is 0 Å². The number of hydrogen-bond donors (Lipinski definition) is 1. The highest BCUT2D eigenvalue weighted by molar-refractivity contribution is 5.36. The molecule has 0 atom stereocenters. The van der Waals surface area contributed by atoms with E-state index in [9.17, 15) is 0 Å². The fourth-order valence-electron chi connectivity index (χ4n) is 2.23. The van der Waals surface area contributed by atoms with Crippen molar-refractivity contribution in [3.05, 3.63) is 17.6 Å². The van der Waals surface area contributed by atoms with E-state index in [1.807, 2.05) is 13.0 Å². The molecule has 0 aromatic carbocycles. The second-order valence-electron chi connectivity index (χ2n) is 4.26. The lowest BCUT2D eigenvalue weighted by atomic mass is 10.1. The Hall–Kier alpha value is -1.12. The van der Waals surface area contributed by atoms with E-state index < -0.39 is 0 Å². The highest BCUT2D eigenvalue weighted by Gasteiger charge is 2.20. The van der Waals surface area contributed by atoms with E-state index >= 15 is 0 Å². The van der Waals surface area contributed by atoms with Crippen LogP contribution in [0.3, 0.4) is 0 Å². The zero-order valence-electron chi connectivity index (χ0n) is 9.58. The van der Waals surface area contributed by atoms with Gasteiger partial charge >= 0.3 is 0 Å². The SMILES string of the molecule is CCNc1cc(C)nc(C2CCCC2)n1. The molecule has 1 aromatic rings. The van der Waals surface area contributed by atoms with Crippen LogP contribution in [0.25, 0.3) is 0 Å². The molecule has 0 unspecified atom stereocenters. The van der Waals surface area contributed by atoms with Gasteiger partial charge in [-0.15, -0.1) is 0 Å². The number of rotatable bonds is 3. The Morgan fingerprint density at radius 1 is 1.33 bits per heavy atom. The van der Waals surface area contributed by atoms with Crippen molar-refractivity contribution in [3.63, 3.8) is 0 Å². The summed E-state index contributed by atoms with van der Waals surface area (Å²) in [7, 11) is 0. The molecule has 0 radical (unpaired) electrons. The van der Waals surface area contributed by atoms with Crippen LogP contribution >= 0.6 is 0 Å². The van der Waals surface area contributed by atoms with Crippen molar-refractivity contribution in [2.45, 2.75) is 45.4 Å². The summed E-state index contributed by atoms with van der Waals surface area (Å²) in [6.45, 7) is 5.05. The van der Waals surface area contributed by atoms with Crippen LogP contribution in [-0.4, -0.2) is 16.5 Å². The molecule has 1 aliphatic rings. The van der Waals surface area contributed by atoms with Gasteiger partial charge in [-0.3, -0.25) is 0 Å². The summed E-state index contributed by atoms with van der Waals surface area (Å²) in [5, 5.41) is 3.26. The summed E-state index contributed by atoms with van der Waals surface area (Å²) in [5.74, 6) is 2.62. The second kappa shape index (κ2) is 4.60. The molecule has 2 rings (SSSR count). The van der Waals surface area contributed by atoms with Crippen LogP contribution in [0.15, 0.2) is 6.07 Å². The number of anilines is 1. The number of nitrogens with one attached hydrogen (secondary N) is 1. The van der Waals surface area contributed by atoms with Crippen molar-refractivity contribution >= 4 is 5.82 Å². The van der Waals surface area contributed by atoms with Crippen LogP contribution in [-0.2, 0) is 0 Å². The number of nitrogens with zero attached hydrogens (tertiary/aromatic N) is 2. The fraction of sp³-hybridized carbons (Fsp3) is 0.667. The lowest BCUT2D eigenvalue weighted by Gasteiger charge is -2.11. The van der Waals surface area contributed by atoms with Crippen molar-refractivity contribution in [1.82, 2.24) is 9.97 Å². The Kier molecular flexibility index (Phi) is 3.19. The molecule has 0 spiro atoms. The van der Waals surface area contributed by atoms with E-state index in [0.717, 1.165) is 23.9 Å². The molecule has 0 saturated heterocycles. The third-order valence-electron chi connectivity index (χ3n) is 2.95. The third-order valence-corrected chi connectivity index (χ3v) is 2.95. The minimum Gasteiger partial charge on any atom is -0.370 e. The average Bonchev–Trinajstić information content (AvgIpc) is 2.70. The van der Waals surface area contributed by atoms with Crippen LogP contribution in [0, 0.1) is 6.92 Å². The summed E-state index contributed by atoms with van der Waals surface area (Å²) in [4.78, 5) is 9.13. The van der Waals surface area contributed by atoms with Gasteiger partial charge in [0, 0.05) is 24.2 Å². The minimum absolute atomic E-state index is 0.599. The first-order valence-corrected chi connectivity index (χ1v) is 5.89. The van der Waals surface area contributed by atoms with Gasteiger partial charge in [-0.2, -0.15) is 0 Å². The quantitative estimate of drug-likeness (QED) is 0.824. The van der Waals surface area contributed by atoms with Crippen molar-refractivity contribution in [2.24, 2.45) is 0 Å². The lowest BCUT2D eigenvalue weighted by Crippen LogP contribution is -2.07. The summed E-state index contributed by atoms with van der Waals surface area (Å²) in [6, 6.07) is 2.02. The molecule has 3 heteroatoms. The van der Waals surface area contributed by atoms with Gasteiger partial charge < -0.3 is 5.32 Å². The molecule has 82 valence electrons. The van der Waals surface area contributed by atoms with Gasteiger partial charge in [0.1, 0.15) is 11.6 Å². The molecular weight excluding hydrogens is 186 g/mol. The monoisotopic (exact) mass is 205 g/mol. The zero-order valence-corrected chi connectivity index (χ0v) is 9.58. The van der Waals surface area contributed by atoms with Crippen LogP contribution in [0.4, 0.5) is 5.82 Å². The normalized spacial score (nSPS) is 16.9. The first kappa shape index (κ1) is 10.4. The molecule has 0 bridgehead atoms. The Morgan fingerprint density at radius 3 is 2.73 bits per heavy atom. The second-order valence-corrected chi connectivity index (χ2v) is 4.26. The molecular formula is C12H19N3. The Labute approximate surface area is 91.3 Å². The third kappa shape index (κ3) is 2.46. The molecule has 1 heterocycles. The standard InChI is InChI=1S/C12H19N3/c1-3-13-11-8-9(2)14-12(15-11)10-6-4-5-7-10/h8,10H,3-7H2,1-2H3,(H,13,14,15). The Morgan fingerprint density at radius 2 is 2.07 bits per heavy atom. The largest absolute Gasteiger partial charge is 0.370 e. The van der Waals surface area contributed by atoms with Gasteiger partial charge in [0.25, 0.3) is 0 Å². The maximum absolute atomic E-state index is 4.58. The maximum Gasteiger partial charge on any atom is 0.134 e. The van der Waals surface area contributed by atoms with Gasteiger partial charge in [0.15, 0.2) is 0 Å². The summed E-state index contributed by atoms with van der Waals surface area (Å²) >= 11 is 0. The fourth-order valence-corrected chi connectivity index (χ4v) is 2.23. The molecule has 1 fully saturated rings. The van der Waals surface area contributed by atoms with Gasteiger partial charge in [0.2, 0.25) is 0 Å². The smallest absolute Gasteiger partial charge is 0.134 e. The van der Waals surface area contributed by atoms with E-state index in [1.165, 1.54) is 25.7 Å². The van der Waals surface area contributed by atoms with E-state index in [4.69, 9.17) is 0 Å². The predicted octanol–water partition coefficient (Wildman–Crippen LogP) is 2.87. The topological polar surface area (TPSA) is 37.8 Å². The summed E-state index contributed by atoms with van der Waals surface area (Å²) < 4.78 is 0. The lowest BCUT2D eigenvalue weighted by molar-refractivity contribution is 0.665. The number of aryl methyl sites for hydroxylation is 1. The molecule has 0 amide bonds. The average molecular weight is 205 g/mol. The predicted molar refractivity (Wildman–Crippen MR) is 62.1 cm³/mol. The van der Waals surface area contributed by atoms with Crippen LogP contribution in [0.1, 0.15) is 50.0 Å². The van der Waals surface area contributed by atoms with E-state index in [0.29, 0.717) is 5.92 Å². The van der Waals surface area contributed by atoms with E-state index in [-0.39, 0.29) is 0 Å². The van der Waals surface area contributed by atoms with Crippen LogP contribution < -0.4 is 5.32 Å². The van der Waals surface area contributed by atoms with Crippen molar-refractivity contribution in [2.75, 3.05) is 11.9 Å². The van der Waals surface area contributed by atoms with Gasteiger partial charge in [0.05, 0.1) is 0 Å². The summed E-state index contributed by atoms with van der Waals surface area (Å²) in [5.41, 5.74) is 1.07. The molecule has 1 aromatic heterocycles. The van der Waals surface area contributed by atoms with Crippen molar-refractivity contribution in [3.8, 4) is 0 Å². The Bertz CT molecular complexity index is 330. The first-order valence-electron chi connectivity index (χ1n) is 5.89. The van der Waals surface area contributed by atoms with Crippen LogP contribution in [0.2, 0.25) is 0 Å². The molecule has 0 aliphatic heterocycles. The maximum atomic E-state index is 4.58. The molecule has 1 N–H and O–H groups in total. The highest BCUT2D eigenvalue weighted by atomic mass is 15.0. The molecule has 1 aliphatic carbocycles. The van der Waals surface area contributed by atoms with Gasteiger partial charge in [-0.1, -0.05) is 12.8 Å². The summed E-state index contributed by atoms with van der Waals surface area (Å²) in [6.07, 6.45) is 5.18.